The molecule has 0 radical (unpaired) electrons. The lowest BCUT2D eigenvalue weighted by molar-refractivity contribution is -0.139. The van der Waals surface area contributed by atoms with Crippen molar-refractivity contribution in [2.45, 2.75) is 32.5 Å². The Kier molecular flexibility index (Phi) is 8.57. The van der Waals surface area contributed by atoms with Crippen LogP contribution in [0.15, 0.2) is 91.0 Å². The van der Waals surface area contributed by atoms with Crippen molar-refractivity contribution in [3.8, 4) is 17.2 Å². The molecule has 5 rings (SSSR count). The fourth-order valence-corrected chi connectivity index (χ4v) is 5.16. The summed E-state index contributed by atoms with van der Waals surface area (Å²) in [5, 5.41) is 11.5. The van der Waals surface area contributed by atoms with Crippen molar-refractivity contribution in [1.82, 2.24) is 14.5 Å². The number of aryl methyl sites for hydroxylation is 2. The van der Waals surface area contributed by atoms with E-state index >= 15 is 0 Å². The number of aliphatic hydroxyl groups excluding tert-OH is 1. The molecule has 4 aromatic rings. The molecule has 0 bridgehead atoms. The summed E-state index contributed by atoms with van der Waals surface area (Å²) in [7, 11) is 3.06. The van der Waals surface area contributed by atoms with Gasteiger partial charge in [0.25, 0.3) is 11.7 Å². The minimum atomic E-state index is -0.815. The second kappa shape index (κ2) is 12.6. The number of imidazole rings is 1. The van der Waals surface area contributed by atoms with Crippen LogP contribution in [0.3, 0.4) is 0 Å². The molecule has 2 heterocycles. The first-order valence-electron chi connectivity index (χ1n) is 13.6. The number of hydrogen-bond donors (Lipinski definition) is 1. The van der Waals surface area contributed by atoms with Crippen molar-refractivity contribution in [2.24, 2.45) is 0 Å². The molecule has 0 aliphatic carbocycles. The summed E-state index contributed by atoms with van der Waals surface area (Å²) in [6.07, 6.45) is 5.82. The maximum Gasteiger partial charge on any atom is 0.295 e. The van der Waals surface area contributed by atoms with E-state index in [0.717, 1.165) is 11.1 Å². The first kappa shape index (κ1) is 28.5. The van der Waals surface area contributed by atoms with Crippen LogP contribution >= 0.6 is 0 Å². The number of ether oxygens (including phenoxy) is 3. The van der Waals surface area contributed by atoms with Gasteiger partial charge in [0, 0.05) is 31.0 Å². The van der Waals surface area contributed by atoms with Gasteiger partial charge >= 0.3 is 0 Å². The SMILES string of the molecule is COc1ccc(C2C(=C(O)c3ccc(OCc4cccc(C)c4)cc3)C(=O)C(=O)N2CCCn2ccnc2)cc1OC. The Labute approximate surface area is 244 Å². The summed E-state index contributed by atoms with van der Waals surface area (Å²) in [6, 6.07) is 19.3. The van der Waals surface area contributed by atoms with E-state index in [1.54, 1.807) is 55.0 Å². The fourth-order valence-electron chi connectivity index (χ4n) is 5.16. The molecule has 1 aliphatic rings. The molecule has 0 saturated carbocycles. The van der Waals surface area contributed by atoms with E-state index in [0.29, 0.717) is 54.5 Å². The molecule has 1 N–H and O–H groups in total. The van der Waals surface area contributed by atoms with Gasteiger partial charge in [-0.15, -0.1) is 0 Å². The van der Waals surface area contributed by atoms with Crippen LogP contribution in [0.25, 0.3) is 5.76 Å². The number of Topliss-reactive ketones (excluding diaryl/α,β-unsaturated/α-hetero) is 1. The Morgan fingerprint density at radius 1 is 0.952 bits per heavy atom. The molecular weight excluding hydrogens is 534 g/mol. The molecule has 0 spiro atoms. The van der Waals surface area contributed by atoms with Gasteiger partial charge in [-0.25, -0.2) is 4.98 Å². The van der Waals surface area contributed by atoms with E-state index in [2.05, 4.69) is 11.1 Å². The summed E-state index contributed by atoms with van der Waals surface area (Å²) in [6.45, 7) is 3.34. The Morgan fingerprint density at radius 2 is 1.74 bits per heavy atom. The van der Waals surface area contributed by atoms with Crippen LogP contribution in [-0.2, 0) is 22.7 Å². The Balaban J connectivity index is 1.45. The average molecular weight is 568 g/mol. The number of hydrogen-bond acceptors (Lipinski definition) is 7. The second-order valence-electron chi connectivity index (χ2n) is 10.1. The van der Waals surface area contributed by atoms with Gasteiger partial charge in [0.05, 0.1) is 32.2 Å². The number of amides is 1. The highest BCUT2D eigenvalue weighted by molar-refractivity contribution is 6.46. The molecule has 1 saturated heterocycles. The highest BCUT2D eigenvalue weighted by Gasteiger charge is 2.46. The van der Waals surface area contributed by atoms with Crippen molar-refractivity contribution in [3.63, 3.8) is 0 Å². The fraction of sp³-hybridized carbons (Fsp3) is 0.242. The van der Waals surface area contributed by atoms with Crippen LogP contribution in [0, 0.1) is 6.92 Å². The van der Waals surface area contributed by atoms with Crippen molar-refractivity contribution in [2.75, 3.05) is 20.8 Å². The molecule has 1 fully saturated rings. The van der Waals surface area contributed by atoms with E-state index < -0.39 is 17.7 Å². The molecule has 1 aliphatic heterocycles. The molecular formula is C33H33N3O6. The van der Waals surface area contributed by atoms with Gasteiger partial charge in [0.15, 0.2) is 11.5 Å². The summed E-state index contributed by atoms with van der Waals surface area (Å²) in [5.41, 5.74) is 3.24. The number of benzene rings is 3. The normalized spacial score (nSPS) is 16.1. The molecule has 1 atom stereocenters. The number of rotatable bonds is 11. The van der Waals surface area contributed by atoms with Crippen molar-refractivity contribution >= 4 is 17.4 Å². The van der Waals surface area contributed by atoms with Gasteiger partial charge < -0.3 is 28.8 Å². The number of carbonyl (C=O) groups is 2. The van der Waals surface area contributed by atoms with E-state index in [9.17, 15) is 14.7 Å². The van der Waals surface area contributed by atoms with Crippen molar-refractivity contribution < 1.29 is 28.9 Å². The number of carbonyl (C=O) groups excluding carboxylic acids is 2. The highest BCUT2D eigenvalue weighted by atomic mass is 16.5. The molecule has 9 nitrogen and oxygen atoms in total. The Bertz CT molecular complexity index is 1590. The van der Waals surface area contributed by atoms with Crippen LogP contribution in [-0.4, -0.2) is 52.0 Å². The zero-order valence-electron chi connectivity index (χ0n) is 23.8. The summed E-state index contributed by atoms with van der Waals surface area (Å²) in [4.78, 5) is 32.3. The van der Waals surface area contributed by atoms with Crippen LogP contribution in [0.1, 0.15) is 34.7 Å². The number of ketones is 1. The topological polar surface area (TPSA) is 103 Å². The van der Waals surface area contributed by atoms with Crippen LogP contribution in [0.2, 0.25) is 0 Å². The van der Waals surface area contributed by atoms with Gasteiger partial charge in [-0.3, -0.25) is 9.59 Å². The van der Waals surface area contributed by atoms with Crippen LogP contribution < -0.4 is 14.2 Å². The van der Waals surface area contributed by atoms with Gasteiger partial charge in [0.2, 0.25) is 0 Å². The zero-order valence-corrected chi connectivity index (χ0v) is 23.8. The zero-order chi connectivity index (χ0) is 29.6. The number of aliphatic hydroxyl groups is 1. The molecule has 9 heteroatoms. The summed E-state index contributed by atoms with van der Waals surface area (Å²) < 4.78 is 18.7. The van der Waals surface area contributed by atoms with Crippen molar-refractivity contribution in [3.05, 3.63) is 113 Å². The third kappa shape index (κ3) is 6.00. The monoisotopic (exact) mass is 567 g/mol. The number of likely N-dealkylation sites (tertiary alicyclic amines) is 1. The predicted octanol–water partition coefficient (Wildman–Crippen LogP) is 5.30. The molecule has 1 aromatic heterocycles. The highest BCUT2D eigenvalue weighted by Crippen LogP contribution is 2.42. The minimum absolute atomic E-state index is 0.0169. The van der Waals surface area contributed by atoms with E-state index in [1.165, 1.54) is 19.1 Å². The first-order valence-corrected chi connectivity index (χ1v) is 13.6. The van der Waals surface area contributed by atoms with Gasteiger partial charge in [-0.1, -0.05) is 35.9 Å². The number of methoxy groups -OCH3 is 2. The Morgan fingerprint density at radius 3 is 2.43 bits per heavy atom. The third-order valence-electron chi connectivity index (χ3n) is 7.25. The van der Waals surface area contributed by atoms with E-state index in [1.807, 2.05) is 35.9 Å². The first-order chi connectivity index (χ1) is 20.4. The maximum absolute atomic E-state index is 13.4. The average Bonchev–Trinajstić information content (AvgIpc) is 3.62. The minimum Gasteiger partial charge on any atom is -0.507 e. The lowest BCUT2D eigenvalue weighted by Gasteiger charge is -2.26. The van der Waals surface area contributed by atoms with E-state index in [4.69, 9.17) is 14.2 Å². The maximum atomic E-state index is 13.4. The lowest BCUT2D eigenvalue weighted by atomic mass is 9.95. The predicted molar refractivity (Wildman–Crippen MR) is 157 cm³/mol. The molecule has 1 unspecified atom stereocenters. The standard InChI is InChI=1S/C33H33N3O6/c1-22-6-4-7-23(18-22)20-42-26-11-8-24(9-12-26)31(37)29-30(25-10-13-27(40-2)28(19-25)41-3)36(33(39)32(29)38)16-5-15-35-17-14-34-21-35/h4,6-14,17-19,21,30,37H,5,15-16,20H2,1-3H3. The number of nitrogens with zero attached hydrogens (tertiary/aromatic N) is 3. The van der Waals surface area contributed by atoms with Crippen LogP contribution in [0.5, 0.6) is 17.2 Å². The van der Waals surface area contributed by atoms with Gasteiger partial charge in [-0.05, 0) is 60.9 Å². The van der Waals surface area contributed by atoms with Gasteiger partial charge in [0.1, 0.15) is 18.1 Å². The molecule has 3 aromatic carbocycles. The number of aromatic nitrogens is 2. The Hall–Kier alpha value is -5.05. The van der Waals surface area contributed by atoms with Crippen LogP contribution in [0.4, 0.5) is 0 Å². The second-order valence-corrected chi connectivity index (χ2v) is 10.1. The molecule has 216 valence electrons. The van der Waals surface area contributed by atoms with Gasteiger partial charge in [-0.2, -0.15) is 0 Å². The van der Waals surface area contributed by atoms with E-state index in [-0.39, 0.29) is 11.3 Å². The smallest absolute Gasteiger partial charge is 0.295 e. The van der Waals surface area contributed by atoms with Crippen molar-refractivity contribution in [1.29, 1.82) is 0 Å². The quantitative estimate of drug-likeness (QED) is 0.149. The molecule has 1 amide bonds. The third-order valence-corrected chi connectivity index (χ3v) is 7.25. The largest absolute Gasteiger partial charge is 0.507 e. The lowest BCUT2D eigenvalue weighted by Crippen LogP contribution is -2.31. The molecule has 42 heavy (non-hydrogen) atoms. The summed E-state index contributed by atoms with van der Waals surface area (Å²) >= 11 is 0. The summed E-state index contributed by atoms with van der Waals surface area (Å²) in [5.74, 6) is -0.0802.